The highest BCUT2D eigenvalue weighted by atomic mass is 32.2. The normalized spacial score (nSPS) is 14.6. The Bertz CT molecular complexity index is 1320. The van der Waals surface area contributed by atoms with Gasteiger partial charge in [0.1, 0.15) is 6.04 Å². The molecule has 0 bridgehead atoms. The zero-order chi connectivity index (χ0) is 26.0. The van der Waals surface area contributed by atoms with Crippen LogP contribution < -0.4 is 20.1 Å². The molecule has 1 aliphatic heterocycles. The molecule has 0 radical (unpaired) electrons. The first kappa shape index (κ1) is 26.8. The second-order valence-corrected chi connectivity index (χ2v) is 12.1. The van der Waals surface area contributed by atoms with Crippen molar-refractivity contribution in [3.8, 4) is 0 Å². The second-order valence-electron chi connectivity index (χ2n) is 8.78. The van der Waals surface area contributed by atoms with Crippen molar-refractivity contribution in [1.29, 1.82) is 0 Å². The van der Waals surface area contributed by atoms with Gasteiger partial charge in [-0.1, -0.05) is 26.0 Å². The SMILES string of the molecule is CC(=O)N1CCc2cc(S(=O)(=O)NC(C(=O)NCCc3ccc(S(N)(=O)=O)cc3)C(C)C)ccc21. The number of hydrogen-bond donors (Lipinski definition) is 3. The molecule has 10 nitrogen and oxygen atoms in total. The van der Waals surface area contributed by atoms with Crippen LogP contribution in [-0.4, -0.2) is 47.8 Å². The lowest BCUT2D eigenvalue weighted by molar-refractivity contribution is -0.123. The molecule has 0 spiro atoms. The van der Waals surface area contributed by atoms with E-state index < -0.39 is 32.0 Å². The van der Waals surface area contributed by atoms with Crippen LogP contribution in [0.3, 0.4) is 0 Å². The molecule has 1 aliphatic rings. The van der Waals surface area contributed by atoms with Gasteiger partial charge < -0.3 is 10.2 Å². The van der Waals surface area contributed by atoms with Gasteiger partial charge in [-0.3, -0.25) is 9.59 Å². The maximum absolute atomic E-state index is 13.0. The van der Waals surface area contributed by atoms with Crippen LogP contribution in [0, 0.1) is 5.92 Å². The zero-order valence-corrected chi connectivity index (χ0v) is 21.4. The van der Waals surface area contributed by atoms with Gasteiger partial charge in [0.05, 0.1) is 9.79 Å². The fourth-order valence-electron chi connectivity index (χ4n) is 3.89. The molecule has 2 aromatic rings. The van der Waals surface area contributed by atoms with E-state index in [1.54, 1.807) is 43.0 Å². The number of nitrogens with zero attached hydrogens (tertiary/aromatic N) is 1. The molecule has 0 aromatic heterocycles. The molecule has 1 atom stereocenters. The Labute approximate surface area is 206 Å². The molecule has 2 amide bonds. The largest absolute Gasteiger partial charge is 0.354 e. The molecule has 1 heterocycles. The summed E-state index contributed by atoms with van der Waals surface area (Å²) in [5, 5.41) is 7.83. The highest BCUT2D eigenvalue weighted by molar-refractivity contribution is 7.89. The van der Waals surface area contributed by atoms with E-state index in [2.05, 4.69) is 10.0 Å². The van der Waals surface area contributed by atoms with Crippen LogP contribution in [0.25, 0.3) is 0 Å². The molecule has 0 aliphatic carbocycles. The van der Waals surface area contributed by atoms with Gasteiger partial charge in [-0.2, -0.15) is 4.72 Å². The van der Waals surface area contributed by atoms with Gasteiger partial charge in [0, 0.05) is 25.7 Å². The van der Waals surface area contributed by atoms with Crippen molar-refractivity contribution in [3.05, 3.63) is 53.6 Å². The number of rotatable bonds is 9. The van der Waals surface area contributed by atoms with E-state index in [1.165, 1.54) is 25.1 Å². The monoisotopic (exact) mass is 522 g/mol. The van der Waals surface area contributed by atoms with E-state index in [9.17, 15) is 26.4 Å². The third-order valence-electron chi connectivity index (χ3n) is 5.83. The topological polar surface area (TPSA) is 156 Å². The summed E-state index contributed by atoms with van der Waals surface area (Å²) in [7, 11) is -7.76. The quantitative estimate of drug-likeness (QED) is 0.444. The predicted octanol–water partition coefficient (Wildman–Crippen LogP) is 0.905. The maximum Gasteiger partial charge on any atom is 0.241 e. The molecular formula is C23H30N4O6S2. The van der Waals surface area contributed by atoms with Crippen molar-refractivity contribution in [2.24, 2.45) is 11.1 Å². The molecule has 3 rings (SSSR count). The van der Waals surface area contributed by atoms with E-state index in [4.69, 9.17) is 5.14 Å². The minimum absolute atomic E-state index is 0.000112. The van der Waals surface area contributed by atoms with Gasteiger partial charge in [0.25, 0.3) is 0 Å². The van der Waals surface area contributed by atoms with Gasteiger partial charge in [0.2, 0.25) is 31.9 Å². The van der Waals surface area contributed by atoms with Crippen molar-refractivity contribution in [2.75, 3.05) is 18.0 Å². The smallest absolute Gasteiger partial charge is 0.241 e. The summed E-state index contributed by atoms with van der Waals surface area (Å²) in [6.07, 6.45) is 0.982. The van der Waals surface area contributed by atoms with Crippen molar-refractivity contribution in [2.45, 2.75) is 49.4 Å². The molecule has 0 saturated carbocycles. The van der Waals surface area contributed by atoms with Crippen LogP contribution in [0.2, 0.25) is 0 Å². The molecular weight excluding hydrogens is 492 g/mol. The summed E-state index contributed by atoms with van der Waals surface area (Å²) in [6.45, 7) is 5.69. The lowest BCUT2D eigenvalue weighted by Gasteiger charge is -2.22. The highest BCUT2D eigenvalue weighted by Gasteiger charge is 2.30. The van der Waals surface area contributed by atoms with Crippen molar-refractivity contribution >= 4 is 37.5 Å². The van der Waals surface area contributed by atoms with Crippen molar-refractivity contribution in [3.63, 3.8) is 0 Å². The average molecular weight is 523 g/mol. The van der Waals surface area contributed by atoms with Crippen LogP contribution in [0.1, 0.15) is 31.9 Å². The Hall–Kier alpha value is -2.80. The van der Waals surface area contributed by atoms with E-state index in [0.29, 0.717) is 25.1 Å². The summed E-state index contributed by atoms with van der Waals surface area (Å²) < 4.78 is 51.3. The molecule has 0 saturated heterocycles. The first-order chi connectivity index (χ1) is 16.3. The van der Waals surface area contributed by atoms with Crippen LogP contribution in [0.15, 0.2) is 52.3 Å². The number of amides is 2. The number of sulfonamides is 2. The van der Waals surface area contributed by atoms with Gasteiger partial charge in [-0.05, 0) is 60.2 Å². The second kappa shape index (κ2) is 10.4. The lowest BCUT2D eigenvalue weighted by atomic mass is 10.0. The molecule has 35 heavy (non-hydrogen) atoms. The van der Waals surface area contributed by atoms with Gasteiger partial charge in [-0.25, -0.2) is 22.0 Å². The standard InChI is InChI=1S/C23H30N4O6S2/c1-15(2)22(23(29)25-12-10-17-4-6-19(7-5-17)34(24,30)31)26-35(32,33)20-8-9-21-18(14-20)11-13-27(21)16(3)28/h4-9,14-15,22,26H,10-13H2,1-3H3,(H,25,29)(H2,24,30,31). The van der Waals surface area contributed by atoms with Crippen molar-refractivity contribution < 1.29 is 26.4 Å². The van der Waals surface area contributed by atoms with Crippen LogP contribution in [0.5, 0.6) is 0 Å². The van der Waals surface area contributed by atoms with Gasteiger partial charge in [0.15, 0.2) is 0 Å². The number of fused-ring (bicyclic) bond motifs is 1. The summed E-state index contributed by atoms with van der Waals surface area (Å²) >= 11 is 0. The predicted molar refractivity (Wildman–Crippen MR) is 132 cm³/mol. The molecule has 12 heteroatoms. The Morgan fingerprint density at radius 2 is 1.66 bits per heavy atom. The molecule has 0 fully saturated rings. The first-order valence-electron chi connectivity index (χ1n) is 11.1. The zero-order valence-electron chi connectivity index (χ0n) is 19.8. The minimum atomic E-state index is -3.99. The number of hydrogen-bond acceptors (Lipinski definition) is 6. The average Bonchev–Trinajstić information content (AvgIpc) is 3.20. The third kappa shape index (κ3) is 6.45. The Balaban J connectivity index is 1.65. The number of nitrogens with one attached hydrogen (secondary N) is 2. The van der Waals surface area contributed by atoms with Gasteiger partial charge in [-0.15, -0.1) is 0 Å². The molecule has 2 aromatic carbocycles. The first-order valence-corrected chi connectivity index (χ1v) is 14.2. The molecule has 4 N–H and O–H groups in total. The Morgan fingerprint density at radius 3 is 2.23 bits per heavy atom. The van der Waals surface area contributed by atoms with E-state index in [1.807, 2.05) is 0 Å². The number of nitrogens with two attached hydrogens (primary N) is 1. The van der Waals surface area contributed by atoms with E-state index >= 15 is 0 Å². The number of carbonyl (C=O) groups excluding carboxylic acids is 2. The van der Waals surface area contributed by atoms with E-state index in [-0.39, 0.29) is 28.2 Å². The summed E-state index contributed by atoms with van der Waals surface area (Å²) in [6, 6.07) is 9.60. The van der Waals surface area contributed by atoms with E-state index in [0.717, 1.165) is 11.1 Å². The Morgan fingerprint density at radius 1 is 1.03 bits per heavy atom. The van der Waals surface area contributed by atoms with Crippen LogP contribution in [0.4, 0.5) is 5.69 Å². The number of anilines is 1. The number of primary sulfonamides is 1. The number of benzene rings is 2. The Kier molecular flexibility index (Phi) is 8.00. The highest BCUT2D eigenvalue weighted by Crippen LogP contribution is 2.30. The summed E-state index contributed by atoms with van der Waals surface area (Å²) in [4.78, 5) is 26.2. The maximum atomic E-state index is 13.0. The number of carbonyl (C=O) groups is 2. The molecule has 1 unspecified atom stereocenters. The summed E-state index contributed by atoms with van der Waals surface area (Å²) in [5.41, 5.74) is 2.26. The lowest BCUT2D eigenvalue weighted by Crippen LogP contribution is -2.49. The minimum Gasteiger partial charge on any atom is -0.354 e. The molecule has 190 valence electrons. The van der Waals surface area contributed by atoms with Gasteiger partial charge >= 0.3 is 0 Å². The third-order valence-corrected chi connectivity index (χ3v) is 8.20. The fourth-order valence-corrected chi connectivity index (χ4v) is 5.80. The van der Waals surface area contributed by atoms with Crippen molar-refractivity contribution in [1.82, 2.24) is 10.0 Å². The summed E-state index contributed by atoms with van der Waals surface area (Å²) in [5.74, 6) is -0.885. The fraction of sp³-hybridized carbons (Fsp3) is 0.391. The van der Waals surface area contributed by atoms with Crippen LogP contribution in [-0.2, 0) is 42.5 Å². The van der Waals surface area contributed by atoms with Crippen LogP contribution >= 0.6 is 0 Å².